The van der Waals surface area contributed by atoms with Gasteiger partial charge in [0.1, 0.15) is 5.60 Å². The lowest BCUT2D eigenvalue weighted by molar-refractivity contribution is -0.154. The molecule has 0 bridgehead atoms. The Labute approximate surface area is 121 Å². The number of esters is 2. The minimum absolute atomic E-state index is 0.250. The van der Waals surface area contributed by atoms with Crippen molar-refractivity contribution in [3.8, 4) is 0 Å². The van der Waals surface area contributed by atoms with E-state index >= 15 is 0 Å². The summed E-state index contributed by atoms with van der Waals surface area (Å²) in [5, 5.41) is 0. The molecule has 0 aliphatic heterocycles. The van der Waals surface area contributed by atoms with Crippen LogP contribution in [0.1, 0.15) is 53.4 Å². The summed E-state index contributed by atoms with van der Waals surface area (Å²) in [6.45, 7) is 10.4. The van der Waals surface area contributed by atoms with Crippen molar-refractivity contribution in [2.24, 2.45) is 5.92 Å². The molecule has 0 amide bonds. The van der Waals surface area contributed by atoms with Gasteiger partial charge in [-0.05, 0) is 51.5 Å². The van der Waals surface area contributed by atoms with Crippen LogP contribution >= 0.6 is 0 Å². The van der Waals surface area contributed by atoms with Gasteiger partial charge >= 0.3 is 11.9 Å². The topological polar surface area (TPSA) is 52.6 Å². The molecule has 0 aromatic rings. The first-order chi connectivity index (χ1) is 9.26. The van der Waals surface area contributed by atoms with Gasteiger partial charge in [-0.1, -0.05) is 6.08 Å². The van der Waals surface area contributed by atoms with Crippen LogP contribution in [0.4, 0.5) is 0 Å². The van der Waals surface area contributed by atoms with Crippen LogP contribution in [0.5, 0.6) is 0 Å². The fourth-order valence-corrected chi connectivity index (χ4v) is 1.94. The van der Waals surface area contributed by atoms with Crippen molar-refractivity contribution in [3.05, 3.63) is 25.0 Å². The van der Waals surface area contributed by atoms with E-state index in [1.165, 1.54) is 20.1 Å². The Morgan fingerprint density at radius 2 is 1.90 bits per heavy atom. The second-order valence-corrected chi connectivity index (χ2v) is 5.46. The Kier molecular flexibility index (Phi) is 8.61. The minimum Gasteiger partial charge on any atom is -0.460 e. The zero-order valence-corrected chi connectivity index (χ0v) is 13.0. The molecular formula is C16H26O4. The highest BCUT2D eigenvalue weighted by Gasteiger charge is 2.20. The summed E-state index contributed by atoms with van der Waals surface area (Å²) in [5.41, 5.74) is -0.425. The first kappa shape index (κ1) is 18.4. The molecule has 1 atom stereocenters. The number of hydrogen-bond acceptors (Lipinski definition) is 4. The molecule has 0 aromatic heterocycles. The van der Waals surface area contributed by atoms with Crippen molar-refractivity contribution in [3.63, 3.8) is 0 Å². The molecule has 0 aliphatic carbocycles. The van der Waals surface area contributed by atoms with E-state index in [0.717, 1.165) is 25.7 Å². The number of rotatable bonds is 9. The average molecular weight is 282 g/mol. The van der Waals surface area contributed by atoms with Gasteiger partial charge < -0.3 is 9.47 Å². The molecule has 114 valence electrons. The van der Waals surface area contributed by atoms with E-state index in [1.54, 1.807) is 0 Å². The highest BCUT2D eigenvalue weighted by molar-refractivity contribution is 5.66. The van der Waals surface area contributed by atoms with Crippen molar-refractivity contribution in [2.75, 3.05) is 0 Å². The predicted octanol–water partition coefficient (Wildman–Crippen LogP) is 3.77. The average Bonchev–Trinajstić information content (AvgIpc) is 2.30. The molecule has 4 heteroatoms. The van der Waals surface area contributed by atoms with Crippen molar-refractivity contribution in [2.45, 2.75) is 59.0 Å². The highest BCUT2D eigenvalue weighted by Crippen LogP contribution is 2.22. The van der Waals surface area contributed by atoms with Crippen LogP contribution in [0.3, 0.4) is 0 Å². The molecule has 0 heterocycles. The van der Waals surface area contributed by atoms with E-state index in [1.807, 2.05) is 26.0 Å². The molecule has 0 aromatic carbocycles. The minimum atomic E-state index is -0.425. The van der Waals surface area contributed by atoms with Crippen molar-refractivity contribution >= 4 is 11.9 Å². The van der Waals surface area contributed by atoms with Gasteiger partial charge in [-0.3, -0.25) is 9.59 Å². The largest absolute Gasteiger partial charge is 0.460 e. The van der Waals surface area contributed by atoms with E-state index in [-0.39, 0.29) is 11.9 Å². The zero-order chi connectivity index (χ0) is 15.6. The van der Waals surface area contributed by atoms with Gasteiger partial charge in [0, 0.05) is 13.8 Å². The maximum Gasteiger partial charge on any atom is 0.307 e. The second kappa shape index (κ2) is 9.34. The lowest BCUT2D eigenvalue weighted by Gasteiger charge is -2.24. The molecule has 0 fully saturated rings. The van der Waals surface area contributed by atoms with Gasteiger partial charge in [0.15, 0.2) is 0 Å². The SMILES string of the molecule is C=CC(C/C=C/OC(C)=O)CCCC(C)(C)OC(C)=O. The summed E-state index contributed by atoms with van der Waals surface area (Å²) in [4.78, 5) is 21.5. The first-order valence-electron chi connectivity index (χ1n) is 6.91. The quantitative estimate of drug-likeness (QED) is 0.367. The second-order valence-electron chi connectivity index (χ2n) is 5.46. The molecule has 4 nitrogen and oxygen atoms in total. The fourth-order valence-electron chi connectivity index (χ4n) is 1.94. The van der Waals surface area contributed by atoms with Gasteiger partial charge in [-0.15, -0.1) is 6.58 Å². The summed E-state index contributed by atoms with van der Waals surface area (Å²) in [7, 11) is 0. The van der Waals surface area contributed by atoms with Crippen LogP contribution in [0, 0.1) is 5.92 Å². The van der Waals surface area contributed by atoms with Crippen molar-refractivity contribution < 1.29 is 19.1 Å². The van der Waals surface area contributed by atoms with E-state index in [4.69, 9.17) is 9.47 Å². The van der Waals surface area contributed by atoms with E-state index in [2.05, 4.69) is 6.58 Å². The van der Waals surface area contributed by atoms with Gasteiger partial charge in [0.05, 0.1) is 6.26 Å². The smallest absolute Gasteiger partial charge is 0.307 e. The number of carbonyl (C=O) groups is 2. The molecule has 0 saturated heterocycles. The molecule has 0 rings (SSSR count). The number of allylic oxidation sites excluding steroid dienone is 2. The Morgan fingerprint density at radius 1 is 1.25 bits per heavy atom. The van der Waals surface area contributed by atoms with Crippen LogP contribution in [-0.2, 0) is 19.1 Å². The number of carbonyl (C=O) groups excluding carboxylic acids is 2. The first-order valence-corrected chi connectivity index (χ1v) is 6.91. The maximum absolute atomic E-state index is 11.0. The van der Waals surface area contributed by atoms with Gasteiger partial charge in [0.25, 0.3) is 0 Å². The molecule has 0 N–H and O–H groups in total. The predicted molar refractivity (Wildman–Crippen MR) is 78.9 cm³/mol. The Bertz CT molecular complexity index is 355. The third-order valence-electron chi connectivity index (χ3n) is 2.88. The number of hydrogen-bond donors (Lipinski definition) is 0. The molecular weight excluding hydrogens is 256 g/mol. The van der Waals surface area contributed by atoms with Crippen LogP contribution in [0.2, 0.25) is 0 Å². The molecule has 0 radical (unpaired) electrons. The van der Waals surface area contributed by atoms with Crippen molar-refractivity contribution in [1.82, 2.24) is 0 Å². The Hall–Kier alpha value is -1.58. The van der Waals surface area contributed by atoms with Crippen LogP contribution in [-0.4, -0.2) is 17.5 Å². The lowest BCUT2D eigenvalue weighted by atomic mass is 9.94. The Balaban J connectivity index is 4.01. The van der Waals surface area contributed by atoms with Crippen LogP contribution < -0.4 is 0 Å². The monoisotopic (exact) mass is 282 g/mol. The molecule has 20 heavy (non-hydrogen) atoms. The maximum atomic E-state index is 11.0. The van der Waals surface area contributed by atoms with Crippen molar-refractivity contribution in [1.29, 1.82) is 0 Å². The summed E-state index contributed by atoms with van der Waals surface area (Å²) in [6, 6.07) is 0. The normalized spacial score (nSPS) is 13.0. The molecule has 0 spiro atoms. The van der Waals surface area contributed by atoms with Gasteiger partial charge in [-0.25, -0.2) is 0 Å². The highest BCUT2D eigenvalue weighted by atomic mass is 16.6. The number of ether oxygens (including phenoxy) is 2. The van der Waals surface area contributed by atoms with E-state index in [9.17, 15) is 9.59 Å². The van der Waals surface area contributed by atoms with Gasteiger partial charge in [0.2, 0.25) is 0 Å². The molecule has 0 saturated carbocycles. The molecule has 0 aliphatic rings. The third kappa shape index (κ3) is 10.4. The van der Waals surface area contributed by atoms with E-state index < -0.39 is 5.60 Å². The van der Waals surface area contributed by atoms with E-state index in [0.29, 0.717) is 5.92 Å². The zero-order valence-electron chi connectivity index (χ0n) is 13.0. The summed E-state index contributed by atoms with van der Waals surface area (Å²) < 4.78 is 9.97. The van der Waals surface area contributed by atoms with Crippen LogP contribution in [0.15, 0.2) is 25.0 Å². The summed E-state index contributed by atoms with van der Waals surface area (Å²) in [6.07, 6.45) is 8.63. The molecule has 1 unspecified atom stereocenters. The summed E-state index contributed by atoms with van der Waals surface area (Å²) >= 11 is 0. The lowest BCUT2D eigenvalue weighted by Crippen LogP contribution is -2.26. The van der Waals surface area contributed by atoms with Gasteiger partial charge in [-0.2, -0.15) is 0 Å². The third-order valence-corrected chi connectivity index (χ3v) is 2.88. The fraction of sp³-hybridized carbons (Fsp3) is 0.625. The standard InChI is InChI=1S/C16H26O4/c1-6-15(10-8-12-19-13(2)17)9-7-11-16(4,5)20-14(3)18/h6,8,12,15H,1,7,9-11H2,2-5H3/b12-8+. The summed E-state index contributed by atoms with van der Waals surface area (Å²) in [5.74, 6) is -0.242. The van der Waals surface area contributed by atoms with Crippen LogP contribution in [0.25, 0.3) is 0 Å². The Morgan fingerprint density at radius 3 is 2.40 bits per heavy atom.